The Bertz CT molecular complexity index is 2860. The van der Waals surface area contributed by atoms with Gasteiger partial charge in [-0.1, -0.05) is 44.2 Å². The van der Waals surface area contributed by atoms with Crippen molar-refractivity contribution < 1.29 is 102 Å². The van der Waals surface area contributed by atoms with Crippen LogP contribution in [0.3, 0.4) is 0 Å². The van der Waals surface area contributed by atoms with Gasteiger partial charge in [-0.2, -0.15) is 49.1 Å². The normalized spacial score (nSPS) is 13.9. The number of esters is 3. The summed E-state index contributed by atoms with van der Waals surface area (Å²) >= 11 is 4.14. The number of ketones is 1. The maximum Gasteiger partial charge on any atom is 0.421 e. The molecule has 402 valence electrons. The fourth-order valence-corrected chi connectivity index (χ4v) is 6.08. The van der Waals surface area contributed by atoms with E-state index < -0.39 is 121 Å². The first-order chi connectivity index (χ1) is 34.6. The highest BCUT2D eigenvalue weighted by Gasteiger charge is 2.60. The van der Waals surface area contributed by atoms with Crippen molar-refractivity contribution in [1.82, 2.24) is 10.3 Å². The van der Waals surface area contributed by atoms with Crippen molar-refractivity contribution in [2.75, 3.05) is 43.5 Å². The lowest BCUT2D eigenvalue weighted by Gasteiger charge is -2.15. The lowest BCUT2D eigenvalue weighted by Crippen LogP contribution is -2.47. The fourth-order valence-electron chi connectivity index (χ4n) is 6.08. The van der Waals surface area contributed by atoms with Crippen molar-refractivity contribution in [3.8, 4) is 5.75 Å². The van der Waals surface area contributed by atoms with Gasteiger partial charge in [0.2, 0.25) is 0 Å². The third-order valence-electron chi connectivity index (χ3n) is 9.06. The number of hydrogen-bond acceptors (Lipinski definition) is 14. The molecule has 3 aromatic carbocycles. The van der Waals surface area contributed by atoms with Gasteiger partial charge in [0, 0.05) is 10.9 Å². The number of halogens is 10. The van der Waals surface area contributed by atoms with Crippen LogP contribution in [0.25, 0.3) is 22.0 Å². The minimum atomic E-state index is -4.80. The Morgan fingerprint density at radius 1 is 0.743 bits per heavy atom. The molecule has 0 radical (unpaired) electrons. The molecule has 0 saturated heterocycles. The smallest absolute Gasteiger partial charge is 0.421 e. The Balaban J connectivity index is 0.000000494. The van der Waals surface area contributed by atoms with Gasteiger partial charge < -0.3 is 56.4 Å². The highest BCUT2D eigenvalue weighted by atomic mass is 35.5. The molecule has 1 atom stereocenters. The number of rotatable bonds is 9. The number of aromatic amines is 1. The number of aromatic hydroxyl groups is 1. The van der Waals surface area contributed by atoms with Gasteiger partial charge in [-0.05, 0) is 69.9 Å². The molecule has 2 aliphatic heterocycles. The van der Waals surface area contributed by atoms with Crippen LogP contribution in [0.15, 0.2) is 59.4 Å². The summed E-state index contributed by atoms with van der Waals surface area (Å²) in [6, 6.07) is 8.79. The second-order valence-electron chi connectivity index (χ2n) is 13.6. The van der Waals surface area contributed by atoms with Crippen LogP contribution in [-0.2, 0) is 57.5 Å². The number of pyridine rings is 1. The third kappa shape index (κ3) is 16.0. The molecule has 3 heterocycles. The third-order valence-corrected chi connectivity index (χ3v) is 9.06. The van der Waals surface area contributed by atoms with Gasteiger partial charge in [-0.25, -0.2) is 19.6 Å². The molecular weight excluding hydrogens is 1040 g/mol. The zero-order valence-electron chi connectivity index (χ0n) is 38.9. The van der Waals surface area contributed by atoms with Gasteiger partial charge in [0.15, 0.2) is 5.75 Å². The molecular formula is C43H43ClF9N9O12. The number of aromatic nitrogens is 1. The number of anilines is 2. The van der Waals surface area contributed by atoms with E-state index in [4.69, 9.17) is 11.1 Å². The lowest BCUT2D eigenvalue weighted by molar-refractivity contribution is -0.147. The SMILES string of the molecule is CCNCC.CCOC(=O)C(=[N+]=[N-])C1(O)C(=O)Nc2c(C(F)(F)F)cccc21.CCOC(=O)C=[N+]=[N-].CCOC(=O)c1c(O)c(=O)[nH]c2c(C(F)(F)F)cccc12.NCl.O=C1Nc2c(cccc2C(F)(F)F)C1=O. The number of ether oxygens (including phenoxy) is 3. The molecule has 8 N–H and O–H groups in total. The maximum absolute atomic E-state index is 13.0. The number of fused-ring (bicyclic) bond motifs is 3. The molecule has 4 aromatic rings. The molecule has 6 rings (SSSR count). The van der Waals surface area contributed by atoms with Crippen LogP contribution < -0.4 is 26.8 Å². The van der Waals surface area contributed by atoms with Crippen molar-refractivity contribution in [2.45, 2.75) is 58.7 Å². The Morgan fingerprint density at radius 2 is 1.24 bits per heavy atom. The van der Waals surface area contributed by atoms with E-state index in [0.717, 1.165) is 49.5 Å². The second-order valence-corrected chi connectivity index (χ2v) is 13.6. The number of aliphatic hydroxyl groups is 1. The highest BCUT2D eigenvalue weighted by molar-refractivity contribution is 6.51. The number of benzene rings is 3. The zero-order chi connectivity index (χ0) is 56.9. The first kappa shape index (κ1) is 64.0. The van der Waals surface area contributed by atoms with Gasteiger partial charge >= 0.3 is 48.4 Å². The van der Waals surface area contributed by atoms with Crippen molar-refractivity contribution in [3.63, 3.8) is 0 Å². The Kier molecular flexibility index (Phi) is 24.5. The summed E-state index contributed by atoms with van der Waals surface area (Å²) in [6.07, 6.45) is -13.4. The van der Waals surface area contributed by atoms with Crippen LogP contribution in [0.1, 0.15) is 77.6 Å². The molecule has 1 unspecified atom stereocenters. The molecule has 1 aromatic heterocycles. The largest absolute Gasteiger partial charge is 0.502 e. The topological polar surface area (TPSA) is 338 Å². The first-order valence-corrected chi connectivity index (χ1v) is 21.1. The minimum Gasteiger partial charge on any atom is -0.502 e. The number of nitrogens with one attached hydrogen (secondary N) is 4. The number of hydrogen-bond donors (Lipinski definition) is 7. The van der Waals surface area contributed by atoms with E-state index in [1.54, 1.807) is 6.92 Å². The second kappa shape index (κ2) is 28.3. The molecule has 0 aliphatic carbocycles. The first-order valence-electron chi connectivity index (χ1n) is 20.7. The standard InChI is InChI=1S/C13H10F3N3O4.C13H10F3NO4.C9H4F3NO2.C4H6N2O2.C4H11N.ClH2N/c1-2-23-10(20)9(19-17)12(22)6-4-3-5-7(13(14,15)16)8(6)18-11(12)21;1-2-21-12(20)8-6-4-3-5-7(13(14,15)16)9(6)17-11(19)10(8)18;10-9(11,12)5-3-1-2-4-6(5)13-8(15)7(4)14;1-2-8-4(7)3-6-5;1-3-5-4-2;1-2/h3-5,22H,2H2,1H3,(H,18,21);3-5,18H,2H2,1H3,(H,17,19);1-3H,(H,13,14,15);3H,2H2,1H3;5H,3-4H2,1-2H3;2H2. The Morgan fingerprint density at radius 3 is 1.72 bits per heavy atom. The number of Topliss-reactive ketones (excluding diaryl/α,β-unsaturated/α-hetero) is 1. The van der Waals surface area contributed by atoms with Crippen molar-refractivity contribution in [1.29, 1.82) is 0 Å². The summed E-state index contributed by atoms with van der Waals surface area (Å²) < 4.78 is 129. The molecule has 74 heavy (non-hydrogen) atoms. The summed E-state index contributed by atoms with van der Waals surface area (Å²) in [7, 11) is 0. The van der Waals surface area contributed by atoms with E-state index in [2.05, 4.69) is 60.0 Å². The van der Waals surface area contributed by atoms with Crippen LogP contribution in [0, 0.1) is 0 Å². The van der Waals surface area contributed by atoms with Gasteiger partial charge in [0.05, 0.1) is 59.0 Å². The highest BCUT2D eigenvalue weighted by Crippen LogP contribution is 2.45. The van der Waals surface area contributed by atoms with E-state index in [9.17, 15) is 83.3 Å². The van der Waals surface area contributed by atoms with Crippen LogP contribution >= 0.6 is 11.8 Å². The average Bonchev–Trinajstić information content (AvgIpc) is 3.77. The predicted octanol–water partition coefficient (Wildman–Crippen LogP) is 5.91. The summed E-state index contributed by atoms with van der Waals surface area (Å²) in [5.41, 5.74) is 5.05. The van der Waals surface area contributed by atoms with Gasteiger partial charge in [-0.15, -0.1) is 0 Å². The summed E-state index contributed by atoms with van der Waals surface area (Å²) in [4.78, 5) is 86.1. The number of nitrogens with zero attached hydrogens (tertiary/aromatic N) is 4. The van der Waals surface area contributed by atoms with Crippen LogP contribution in [0.2, 0.25) is 0 Å². The number of para-hydroxylation sites is 3. The molecule has 31 heteroatoms. The number of H-pyrrole nitrogens is 1. The van der Waals surface area contributed by atoms with Crippen LogP contribution in [0.5, 0.6) is 5.75 Å². The number of carbonyl (C=O) groups is 6. The van der Waals surface area contributed by atoms with Crippen molar-refractivity contribution >= 4 is 81.5 Å². The van der Waals surface area contributed by atoms with Gasteiger partial charge in [0.1, 0.15) is 5.56 Å². The maximum atomic E-state index is 13.0. The molecule has 0 fully saturated rings. The molecule has 2 amide bonds. The molecule has 21 nitrogen and oxygen atoms in total. The zero-order valence-corrected chi connectivity index (χ0v) is 39.7. The molecule has 0 saturated carbocycles. The van der Waals surface area contributed by atoms with Gasteiger partial charge in [-0.3, -0.25) is 19.2 Å². The van der Waals surface area contributed by atoms with Crippen LogP contribution in [0.4, 0.5) is 50.9 Å². The number of carbonyl (C=O) groups excluding carboxylic acids is 6. The monoisotopic (exact) mass is 1080 g/mol. The average molecular weight is 1080 g/mol. The van der Waals surface area contributed by atoms with Gasteiger partial charge in [0.25, 0.3) is 28.8 Å². The van der Waals surface area contributed by atoms with E-state index in [1.165, 1.54) is 26.0 Å². The molecule has 0 bridgehead atoms. The van der Waals surface area contributed by atoms with Crippen molar-refractivity contribution in [3.05, 3.63) is 109 Å². The number of alkyl halides is 9. The fraction of sp³-hybridized carbons (Fsp3) is 0.326. The van der Waals surface area contributed by atoms with Crippen molar-refractivity contribution in [2.24, 2.45) is 5.25 Å². The van der Waals surface area contributed by atoms with E-state index in [1.807, 2.05) is 15.6 Å². The van der Waals surface area contributed by atoms with Crippen LogP contribution in [-0.4, -0.2) is 105 Å². The molecule has 2 aliphatic rings. The minimum absolute atomic E-state index is 0.0501. The Labute approximate surface area is 416 Å². The van der Waals surface area contributed by atoms with E-state index in [-0.39, 0.29) is 24.2 Å². The number of nitrogens with two attached hydrogens (primary N) is 1. The predicted molar refractivity (Wildman–Crippen MR) is 241 cm³/mol. The van der Waals surface area contributed by atoms with E-state index >= 15 is 0 Å². The number of amides is 2. The molecule has 0 spiro atoms. The summed E-state index contributed by atoms with van der Waals surface area (Å²) in [5.74, 6) is -7.32. The summed E-state index contributed by atoms with van der Waals surface area (Å²) in [5, 5.41) is 30.8. The quantitative estimate of drug-likeness (QED) is 0.0150. The Hall–Kier alpha value is -8.01. The lowest BCUT2D eigenvalue weighted by atomic mass is 9.89. The van der Waals surface area contributed by atoms with E-state index in [0.29, 0.717) is 18.9 Å². The summed E-state index contributed by atoms with van der Waals surface area (Å²) in [6.45, 7) is 11.1.